The molecule has 1 aromatic heterocycles. The Kier molecular flexibility index (Phi) is 6.14. The van der Waals surface area contributed by atoms with Gasteiger partial charge in [0.25, 0.3) is 5.91 Å². The van der Waals surface area contributed by atoms with E-state index in [9.17, 15) is 9.59 Å². The van der Waals surface area contributed by atoms with Crippen molar-refractivity contribution in [3.63, 3.8) is 0 Å². The molecule has 0 aliphatic carbocycles. The Morgan fingerprint density at radius 3 is 2.29 bits per heavy atom. The minimum absolute atomic E-state index is 0.329. The lowest BCUT2D eigenvalue weighted by atomic mass is 10.1. The Morgan fingerprint density at radius 1 is 0.806 bits per heavy atom. The lowest BCUT2D eigenvalue weighted by Gasteiger charge is -2.18. The molecule has 152 valence electrons. The standard InChI is InChI=1S/C26H21N3O2/c30-24(13-11-19-10-12-20-6-4-5-9-22(20)18-19)29-25(21-7-2-1-3-8-21)26(31)28-23-14-16-27-17-15-23/h1-18,25H,(H,29,30)(H,27,28,31)/b13-11+. The predicted molar refractivity (Wildman–Crippen MR) is 123 cm³/mol. The number of fused-ring (bicyclic) bond motifs is 1. The number of benzene rings is 3. The number of rotatable bonds is 6. The van der Waals surface area contributed by atoms with Gasteiger partial charge in [0.1, 0.15) is 6.04 Å². The summed E-state index contributed by atoms with van der Waals surface area (Å²) in [6.07, 6.45) is 6.38. The average molecular weight is 407 g/mol. The Bertz CT molecular complexity index is 1220. The number of nitrogens with zero attached hydrogens (tertiary/aromatic N) is 1. The van der Waals surface area contributed by atoms with E-state index in [2.05, 4.69) is 15.6 Å². The topological polar surface area (TPSA) is 71.1 Å². The zero-order chi connectivity index (χ0) is 21.5. The SMILES string of the molecule is O=C(/C=C/c1ccc2ccccc2c1)NC(C(=O)Nc1ccncc1)c1ccccc1. The van der Waals surface area contributed by atoms with Crippen molar-refractivity contribution in [2.45, 2.75) is 6.04 Å². The molecule has 0 spiro atoms. The van der Waals surface area contributed by atoms with Crippen LogP contribution in [-0.2, 0) is 9.59 Å². The van der Waals surface area contributed by atoms with E-state index in [1.54, 1.807) is 30.6 Å². The van der Waals surface area contributed by atoms with Crippen molar-refractivity contribution in [1.82, 2.24) is 10.3 Å². The summed E-state index contributed by atoms with van der Waals surface area (Å²) in [5.41, 5.74) is 2.22. The van der Waals surface area contributed by atoms with Gasteiger partial charge in [0.2, 0.25) is 5.91 Å². The lowest BCUT2D eigenvalue weighted by Crippen LogP contribution is -2.36. The van der Waals surface area contributed by atoms with Crippen molar-refractivity contribution in [1.29, 1.82) is 0 Å². The lowest BCUT2D eigenvalue weighted by molar-refractivity contribution is -0.123. The molecule has 1 heterocycles. The minimum atomic E-state index is -0.830. The Labute approximate surface area is 180 Å². The third-order valence-corrected chi connectivity index (χ3v) is 4.83. The Morgan fingerprint density at radius 2 is 1.52 bits per heavy atom. The van der Waals surface area contributed by atoms with Gasteiger partial charge in [0.05, 0.1) is 0 Å². The van der Waals surface area contributed by atoms with Gasteiger partial charge in [-0.15, -0.1) is 0 Å². The number of pyridine rings is 1. The van der Waals surface area contributed by atoms with E-state index < -0.39 is 6.04 Å². The van der Waals surface area contributed by atoms with Crippen LogP contribution in [0.15, 0.2) is 103 Å². The second-order valence-corrected chi connectivity index (χ2v) is 7.02. The number of amides is 2. The van der Waals surface area contributed by atoms with Crippen LogP contribution < -0.4 is 10.6 Å². The van der Waals surface area contributed by atoms with Crippen LogP contribution in [0.5, 0.6) is 0 Å². The van der Waals surface area contributed by atoms with Crippen LogP contribution in [0.1, 0.15) is 17.2 Å². The fraction of sp³-hybridized carbons (Fsp3) is 0.0385. The molecule has 4 aromatic rings. The molecule has 1 atom stereocenters. The predicted octanol–water partition coefficient (Wildman–Crippen LogP) is 4.74. The molecule has 0 bridgehead atoms. The number of hydrogen-bond donors (Lipinski definition) is 2. The van der Waals surface area contributed by atoms with Crippen molar-refractivity contribution < 1.29 is 9.59 Å². The fourth-order valence-corrected chi connectivity index (χ4v) is 3.27. The highest BCUT2D eigenvalue weighted by Crippen LogP contribution is 2.18. The molecule has 0 aliphatic rings. The van der Waals surface area contributed by atoms with E-state index in [1.807, 2.05) is 72.8 Å². The van der Waals surface area contributed by atoms with E-state index in [0.717, 1.165) is 16.3 Å². The summed E-state index contributed by atoms with van der Waals surface area (Å²) in [4.78, 5) is 29.5. The molecule has 0 aliphatic heterocycles. The molecule has 0 radical (unpaired) electrons. The maximum absolute atomic E-state index is 12.9. The molecule has 3 aromatic carbocycles. The zero-order valence-electron chi connectivity index (χ0n) is 16.7. The van der Waals surface area contributed by atoms with Crippen LogP contribution in [0, 0.1) is 0 Å². The largest absolute Gasteiger partial charge is 0.337 e. The summed E-state index contributed by atoms with van der Waals surface area (Å²) < 4.78 is 0. The molecule has 5 heteroatoms. The normalized spacial score (nSPS) is 11.9. The number of carbonyl (C=O) groups is 2. The quantitative estimate of drug-likeness (QED) is 0.453. The van der Waals surface area contributed by atoms with Crippen LogP contribution in [-0.4, -0.2) is 16.8 Å². The van der Waals surface area contributed by atoms with Gasteiger partial charge in [0.15, 0.2) is 0 Å². The maximum atomic E-state index is 12.9. The van der Waals surface area contributed by atoms with Crippen molar-refractivity contribution >= 4 is 34.4 Å². The van der Waals surface area contributed by atoms with Gasteiger partial charge in [-0.05, 0) is 46.2 Å². The highest BCUT2D eigenvalue weighted by molar-refractivity contribution is 6.00. The molecule has 31 heavy (non-hydrogen) atoms. The molecule has 0 fully saturated rings. The first kappa shape index (κ1) is 20.0. The van der Waals surface area contributed by atoms with Gasteiger partial charge >= 0.3 is 0 Å². The van der Waals surface area contributed by atoms with E-state index in [1.165, 1.54) is 6.08 Å². The Balaban J connectivity index is 1.50. The van der Waals surface area contributed by atoms with Crippen LogP contribution in [0.3, 0.4) is 0 Å². The van der Waals surface area contributed by atoms with Gasteiger partial charge in [-0.1, -0.05) is 66.7 Å². The first-order valence-electron chi connectivity index (χ1n) is 9.92. The second-order valence-electron chi connectivity index (χ2n) is 7.02. The summed E-state index contributed by atoms with van der Waals surface area (Å²) in [7, 11) is 0. The van der Waals surface area contributed by atoms with Gasteiger partial charge in [-0.3, -0.25) is 14.6 Å². The van der Waals surface area contributed by atoms with Crippen LogP contribution in [0.2, 0.25) is 0 Å². The van der Waals surface area contributed by atoms with Gasteiger partial charge in [0, 0.05) is 24.2 Å². The molecular weight excluding hydrogens is 386 g/mol. The first-order valence-corrected chi connectivity index (χ1v) is 9.92. The van der Waals surface area contributed by atoms with Gasteiger partial charge in [-0.25, -0.2) is 0 Å². The van der Waals surface area contributed by atoms with E-state index >= 15 is 0 Å². The van der Waals surface area contributed by atoms with Crippen LogP contribution in [0.25, 0.3) is 16.8 Å². The summed E-state index contributed by atoms with van der Waals surface area (Å²) in [5.74, 6) is -0.684. The summed E-state index contributed by atoms with van der Waals surface area (Å²) >= 11 is 0. The molecule has 4 rings (SSSR count). The monoisotopic (exact) mass is 407 g/mol. The second kappa shape index (κ2) is 9.50. The van der Waals surface area contributed by atoms with Crippen molar-refractivity contribution in [3.05, 3.63) is 115 Å². The first-order chi connectivity index (χ1) is 15.2. The van der Waals surface area contributed by atoms with Crippen molar-refractivity contribution in [2.75, 3.05) is 5.32 Å². The van der Waals surface area contributed by atoms with Crippen molar-refractivity contribution in [3.8, 4) is 0 Å². The summed E-state index contributed by atoms with van der Waals surface area (Å²) in [5, 5.41) is 7.87. The number of carbonyl (C=O) groups excluding carboxylic acids is 2. The van der Waals surface area contributed by atoms with Crippen LogP contribution in [0.4, 0.5) is 5.69 Å². The maximum Gasteiger partial charge on any atom is 0.251 e. The fourth-order valence-electron chi connectivity index (χ4n) is 3.27. The van der Waals surface area contributed by atoms with Crippen LogP contribution >= 0.6 is 0 Å². The van der Waals surface area contributed by atoms with E-state index in [4.69, 9.17) is 0 Å². The molecule has 5 nitrogen and oxygen atoms in total. The molecule has 0 saturated heterocycles. The average Bonchev–Trinajstić information content (AvgIpc) is 2.82. The number of aromatic nitrogens is 1. The summed E-state index contributed by atoms with van der Waals surface area (Å²) in [6.45, 7) is 0. The number of anilines is 1. The minimum Gasteiger partial charge on any atom is -0.337 e. The zero-order valence-corrected chi connectivity index (χ0v) is 16.7. The molecule has 0 saturated carbocycles. The smallest absolute Gasteiger partial charge is 0.251 e. The Hall–Kier alpha value is -4.25. The van der Waals surface area contributed by atoms with E-state index in [0.29, 0.717) is 11.3 Å². The third-order valence-electron chi connectivity index (χ3n) is 4.83. The molecular formula is C26H21N3O2. The summed E-state index contributed by atoms with van der Waals surface area (Å²) in [6, 6.07) is 25.7. The number of hydrogen-bond acceptors (Lipinski definition) is 3. The highest BCUT2D eigenvalue weighted by Gasteiger charge is 2.22. The molecule has 1 unspecified atom stereocenters. The van der Waals surface area contributed by atoms with Gasteiger partial charge < -0.3 is 10.6 Å². The molecule has 2 amide bonds. The third kappa shape index (κ3) is 5.22. The van der Waals surface area contributed by atoms with E-state index in [-0.39, 0.29) is 11.8 Å². The number of nitrogens with one attached hydrogen (secondary N) is 2. The van der Waals surface area contributed by atoms with Crippen molar-refractivity contribution in [2.24, 2.45) is 0 Å². The highest BCUT2D eigenvalue weighted by atomic mass is 16.2. The van der Waals surface area contributed by atoms with Gasteiger partial charge in [-0.2, -0.15) is 0 Å². The molecule has 2 N–H and O–H groups in total.